The van der Waals surface area contributed by atoms with Crippen LogP contribution in [0.2, 0.25) is 0 Å². The molecule has 20 heavy (non-hydrogen) atoms. The minimum absolute atomic E-state index is 0.625. The predicted octanol–water partition coefficient (Wildman–Crippen LogP) is 3.83. The Bertz CT molecular complexity index is 772. The molecule has 0 saturated heterocycles. The van der Waals surface area contributed by atoms with Gasteiger partial charge in [0.15, 0.2) is 4.77 Å². The van der Waals surface area contributed by atoms with Crippen molar-refractivity contribution in [1.82, 2.24) is 14.8 Å². The molecule has 0 aliphatic carbocycles. The van der Waals surface area contributed by atoms with Crippen LogP contribution in [-0.2, 0) is 6.42 Å². The first-order chi connectivity index (χ1) is 9.75. The van der Waals surface area contributed by atoms with E-state index in [0.29, 0.717) is 4.77 Å². The molecule has 1 aromatic heterocycles. The van der Waals surface area contributed by atoms with Crippen LogP contribution in [0.1, 0.15) is 17.0 Å². The Morgan fingerprint density at radius 3 is 2.50 bits per heavy atom. The van der Waals surface area contributed by atoms with Crippen LogP contribution in [-0.4, -0.2) is 14.8 Å². The van der Waals surface area contributed by atoms with Gasteiger partial charge in [-0.2, -0.15) is 5.10 Å². The molecule has 0 amide bonds. The topological polar surface area (TPSA) is 33.6 Å². The second kappa shape index (κ2) is 5.43. The molecule has 0 bridgehead atoms. The molecule has 2 aromatic carbocycles. The van der Waals surface area contributed by atoms with Crippen LogP contribution in [0, 0.1) is 11.7 Å². The lowest BCUT2D eigenvalue weighted by atomic mass is 10.1. The molecule has 3 nitrogen and oxygen atoms in total. The Hall–Kier alpha value is -2.20. The minimum atomic E-state index is 0.625. The van der Waals surface area contributed by atoms with Gasteiger partial charge in [0.2, 0.25) is 0 Å². The zero-order chi connectivity index (χ0) is 13.9. The van der Waals surface area contributed by atoms with E-state index < -0.39 is 0 Å². The average Bonchev–Trinajstić information content (AvgIpc) is 2.83. The Kier molecular flexibility index (Phi) is 3.48. The molecule has 3 rings (SSSR count). The van der Waals surface area contributed by atoms with Crippen molar-refractivity contribution in [2.24, 2.45) is 0 Å². The molecule has 0 spiro atoms. The molecule has 0 saturated carbocycles. The van der Waals surface area contributed by atoms with E-state index in [1.54, 1.807) is 0 Å². The van der Waals surface area contributed by atoms with E-state index in [4.69, 9.17) is 12.2 Å². The number of benzene rings is 2. The summed E-state index contributed by atoms with van der Waals surface area (Å²) in [5.74, 6) is 0.926. The molecule has 0 radical (unpaired) electrons. The van der Waals surface area contributed by atoms with E-state index in [-0.39, 0.29) is 0 Å². The van der Waals surface area contributed by atoms with E-state index in [1.165, 1.54) is 11.1 Å². The van der Waals surface area contributed by atoms with Crippen molar-refractivity contribution in [3.63, 3.8) is 0 Å². The highest BCUT2D eigenvalue weighted by Crippen LogP contribution is 2.16. The summed E-state index contributed by atoms with van der Waals surface area (Å²) in [6.07, 6.45) is 0.759. The SMILES string of the molecule is Cc1ccccc1Cc1n[nH]c(=S)n1-c1ccccc1. The van der Waals surface area contributed by atoms with Crippen LogP contribution in [0.4, 0.5) is 0 Å². The summed E-state index contributed by atoms with van der Waals surface area (Å²) in [5.41, 5.74) is 3.56. The summed E-state index contributed by atoms with van der Waals surface area (Å²) in [4.78, 5) is 0. The summed E-state index contributed by atoms with van der Waals surface area (Å²) in [7, 11) is 0. The first kappa shape index (κ1) is 12.8. The standard InChI is InChI=1S/C16H15N3S/c1-12-7-5-6-8-13(12)11-15-17-18-16(20)19(15)14-9-3-2-4-10-14/h2-10H,11H2,1H3,(H,18,20). The fraction of sp³-hybridized carbons (Fsp3) is 0.125. The molecule has 1 heterocycles. The lowest BCUT2D eigenvalue weighted by molar-refractivity contribution is 0.898. The molecule has 0 atom stereocenters. The number of para-hydroxylation sites is 1. The zero-order valence-corrected chi connectivity index (χ0v) is 12.0. The summed E-state index contributed by atoms with van der Waals surface area (Å²) in [5, 5.41) is 7.27. The first-order valence-corrected chi connectivity index (χ1v) is 6.93. The third-order valence-electron chi connectivity index (χ3n) is 3.37. The smallest absolute Gasteiger partial charge is 0.199 e. The third-order valence-corrected chi connectivity index (χ3v) is 3.64. The lowest BCUT2D eigenvalue weighted by Gasteiger charge is -2.08. The molecular weight excluding hydrogens is 266 g/mol. The Morgan fingerprint density at radius 1 is 1.05 bits per heavy atom. The molecule has 4 heteroatoms. The van der Waals surface area contributed by atoms with Crippen molar-refractivity contribution in [1.29, 1.82) is 0 Å². The molecule has 0 aliphatic heterocycles. The normalized spacial score (nSPS) is 10.7. The van der Waals surface area contributed by atoms with Crippen molar-refractivity contribution < 1.29 is 0 Å². The van der Waals surface area contributed by atoms with Gasteiger partial charge >= 0.3 is 0 Å². The molecule has 1 N–H and O–H groups in total. The van der Waals surface area contributed by atoms with E-state index in [9.17, 15) is 0 Å². The maximum atomic E-state index is 5.35. The van der Waals surface area contributed by atoms with Gasteiger partial charge in [-0.25, -0.2) is 0 Å². The van der Waals surface area contributed by atoms with Crippen LogP contribution in [0.25, 0.3) is 5.69 Å². The highest BCUT2D eigenvalue weighted by atomic mass is 32.1. The van der Waals surface area contributed by atoms with Crippen molar-refractivity contribution in [2.45, 2.75) is 13.3 Å². The fourth-order valence-electron chi connectivity index (χ4n) is 2.27. The minimum Gasteiger partial charge on any atom is -0.272 e. The summed E-state index contributed by atoms with van der Waals surface area (Å²) >= 11 is 5.35. The Labute approximate surface area is 122 Å². The summed E-state index contributed by atoms with van der Waals surface area (Å²) in [6.45, 7) is 2.11. The van der Waals surface area contributed by atoms with Gasteiger partial charge in [-0.15, -0.1) is 0 Å². The first-order valence-electron chi connectivity index (χ1n) is 6.52. The number of H-pyrrole nitrogens is 1. The van der Waals surface area contributed by atoms with Gasteiger partial charge in [0.1, 0.15) is 5.82 Å². The monoisotopic (exact) mass is 281 g/mol. The fourth-order valence-corrected chi connectivity index (χ4v) is 2.53. The maximum absolute atomic E-state index is 5.35. The van der Waals surface area contributed by atoms with Crippen LogP contribution in [0.5, 0.6) is 0 Å². The highest BCUT2D eigenvalue weighted by molar-refractivity contribution is 7.71. The molecular formula is C16H15N3S. The van der Waals surface area contributed by atoms with Crippen molar-refractivity contribution in [3.8, 4) is 5.69 Å². The third kappa shape index (κ3) is 2.42. The van der Waals surface area contributed by atoms with Gasteiger partial charge in [0, 0.05) is 12.1 Å². The number of aryl methyl sites for hydroxylation is 1. The maximum Gasteiger partial charge on any atom is 0.199 e. The molecule has 0 fully saturated rings. The van der Waals surface area contributed by atoms with Crippen molar-refractivity contribution in [2.75, 3.05) is 0 Å². The number of nitrogens with one attached hydrogen (secondary N) is 1. The Balaban J connectivity index is 2.04. The molecule has 100 valence electrons. The number of aromatic nitrogens is 3. The quantitative estimate of drug-likeness (QED) is 0.740. The number of aromatic amines is 1. The average molecular weight is 281 g/mol. The van der Waals surface area contributed by atoms with Crippen LogP contribution < -0.4 is 0 Å². The largest absolute Gasteiger partial charge is 0.272 e. The number of nitrogens with zero attached hydrogens (tertiary/aromatic N) is 2. The summed E-state index contributed by atoms with van der Waals surface area (Å²) < 4.78 is 2.61. The summed E-state index contributed by atoms with van der Waals surface area (Å²) in [6, 6.07) is 18.4. The second-order valence-electron chi connectivity index (χ2n) is 4.72. The van der Waals surface area contributed by atoms with E-state index in [1.807, 2.05) is 41.0 Å². The predicted molar refractivity (Wildman–Crippen MR) is 82.7 cm³/mol. The van der Waals surface area contributed by atoms with Crippen LogP contribution in [0.3, 0.4) is 0 Å². The Morgan fingerprint density at radius 2 is 1.75 bits per heavy atom. The van der Waals surface area contributed by atoms with E-state index >= 15 is 0 Å². The molecule has 3 aromatic rings. The van der Waals surface area contributed by atoms with Crippen LogP contribution in [0.15, 0.2) is 54.6 Å². The molecule has 0 unspecified atom stereocenters. The van der Waals surface area contributed by atoms with Gasteiger partial charge in [0.25, 0.3) is 0 Å². The van der Waals surface area contributed by atoms with Crippen LogP contribution >= 0.6 is 12.2 Å². The van der Waals surface area contributed by atoms with E-state index in [0.717, 1.165) is 17.9 Å². The number of hydrogen-bond acceptors (Lipinski definition) is 2. The van der Waals surface area contributed by atoms with Gasteiger partial charge in [0.05, 0.1) is 0 Å². The lowest BCUT2D eigenvalue weighted by Crippen LogP contribution is -2.03. The highest BCUT2D eigenvalue weighted by Gasteiger charge is 2.09. The van der Waals surface area contributed by atoms with Gasteiger partial charge in [-0.05, 0) is 42.4 Å². The second-order valence-corrected chi connectivity index (χ2v) is 5.11. The zero-order valence-electron chi connectivity index (χ0n) is 11.2. The van der Waals surface area contributed by atoms with Gasteiger partial charge in [-0.1, -0.05) is 42.5 Å². The van der Waals surface area contributed by atoms with Crippen molar-refractivity contribution in [3.05, 3.63) is 76.3 Å². The van der Waals surface area contributed by atoms with Gasteiger partial charge < -0.3 is 0 Å². The van der Waals surface area contributed by atoms with E-state index in [2.05, 4.69) is 35.3 Å². The van der Waals surface area contributed by atoms with Gasteiger partial charge in [-0.3, -0.25) is 9.67 Å². The number of rotatable bonds is 3. The number of hydrogen-bond donors (Lipinski definition) is 1. The van der Waals surface area contributed by atoms with Crippen molar-refractivity contribution >= 4 is 12.2 Å². The molecule has 0 aliphatic rings.